The van der Waals surface area contributed by atoms with Crippen LogP contribution in [0.5, 0.6) is 11.5 Å². The Kier molecular flexibility index (Phi) is 10.7. The van der Waals surface area contributed by atoms with Crippen LogP contribution in [0.3, 0.4) is 0 Å². The second-order valence-corrected chi connectivity index (χ2v) is 10.6. The minimum absolute atomic E-state index is 0.0627. The lowest BCUT2D eigenvalue weighted by Crippen LogP contribution is -2.45. The van der Waals surface area contributed by atoms with Gasteiger partial charge in [0.25, 0.3) is 5.69 Å². The Morgan fingerprint density at radius 1 is 1.23 bits per heavy atom. The number of aliphatic hydroxyl groups excluding tert-OH is 1. The summed E-state index contributed by atoms with van der Waals surface area (Å²) in [5, 5.41) is 31.5. The summed E-state index contributed by atoms with van der Waals surface area (Å²) in [4.78, 5) is 38.2. The molecule has 2 aliphatic rings. The van der Waals surface area contributed by atoms with Gasteiger partial charge in [0, 0.05) is 22.9 Å². The number of hydrogen-bond donors (Lipinski definition) is 4. The Bertz CT molecular complexity index is 1440. The van der Waals surface area contributed by atoms with Crippen molar-refractivity contribution in [2.45, 2.75) is 44.9 Å². The minimum atomic E-state index is -1.21. The van der Waals surface area contributed by atoms with E-state index in [4.69, 9.17) is 14.2 Å². The number of methoxy groups -OCH3 is 1. The summed E-state index contributed by atoms with van der Waals surface area (Å²) in [6.45, 7) is 5.31. The molecule has 4 N–H and O–H groups in total. The maximum atomic E-state index is 12.4. The van der Waals surface area contributed by atoms with Gasteiger partial charge in [0.05, 0.1) is 36.5 Å². The monoisotopic (exact) mass is 610 g/mol. The number of hydrogen-bond acceptors (Lipinski definition) is 11. The van der Waals surface area contributed by atoms with Crippen molar-refractivity contribution in [3.8, 4) is 11.5 Å². The molecule has 236 valence electrons. The van der Waals surface area contributed by atoms with E-state index in [0.29, 0.717) is 34.9 Å². The predicted octanol–water partition coefficient (Wildman–Crippen LogP) is 2.92. The number of ether oxygens (including phenoxy) is 3. The van der Waals surface area contributed by atoms with Gasteiger partial charge in [0.1, 0.15) is 6.61 Å². The molecule has 0 spiro atoms. The number of esters is 1. The van der Waals surface area contributed by atoms with E-state index in [-0.39, 0.29) is 28.7 Å². The number of nitro groups is 1. The zero-order valence-electron chi connectivity index (χ0n) is 25.2. The average molecular weight is 611 g/mol. The minimum Gasteiger partial charge on any atom is -0.490 e. The molecule has 14 heteroatoms. The Hall–Kier alpha value is -4.69. The Labute approximate surface area is 255 Å². The molecule has 0 aliphatic carbocycles. The molecule has 4 rings (SSSR count). The van der Waals surface area contributed by atoms with E-state index in [2.05, 4.69) is 26.1 Å². The van der Waals surface area contributed by atoms with Gasteiger partial charge < -0.3 is 34.9 Å². The molecule has 2 atom stereocenters. The van der Waals surface area contributed by atoms with Crippen LogP contribution in [0.4, 0.5) is 10.5 Å². The number of rotatable bonds is 12. The molecule has 1 saturated heterocycles. The molecule has 0 saturated carbocycles. The fourth-order valence-electron chi connectivity index (χ4n) is 5.28. The van der Waals surface area contributed by atoms with Gasteiger partial charge in [-0.05, 0) is 70.4 Å². The van der Waals surface area contributed by atoms with Gasteiger partial charge in [0.15, 0.2) is 17.7 Å². The van der Waals surface area contributed by atoms with Crippen molar-refractivity contribution in [3.63, 3.8) is 0 Å². The highest BCUT2D eigenvalue weighted by Gasteiger charge is 2.32. The van der Waals surface area contributed by atoms with E-state index >= 15 is 0 Å². The number of hydrazone groups is 1. The van der Waals surface area contributed by atoms with Gasteiger partial charge in [-0.3, -0.25) is 15.5 Å². The molecule has 2 heterocycles. The lowest BCUT2D eigenvalue weighted by molar-refractivity contribution is -0.385. The molecular formula is C30H38N6O8. The second kappa shape index (κ2) is 14.7. The van der Waals surface area contributed by atoms with Crippen molar-refractivity contribution < 1.29 is 33.8 Å². The van der Waals surface area contributed by atoms with Crippen molar-refractivity contribution in [2.75, 3.05) is 40.5 Å². The maximum Gasteiger partial charge on any atom is 0.337 e. The molecule has 2 aromatic rings. The molecule has 0 unspecified atom stereocenters. The van der Waals surface area contributed by atoms with Crippen LogP contribution < -0.4 is 25.5 Å². The highest BCUT2D eigenvalue weighted by atomic mass is 16.6. The summed E-state index contributed by atoms with van der Waals surface area (Å²) in [5.74, 6) is 0.212. The standard InChI is InChI=1S/C30H38N6O8/c1-5-43-25-15-21(28-27(29(38)42-4)18(2)32-30(39)33-28)7-9-24(25)44-17-26(37)34-31-16-19-6-8-22(23(14-19)36(40)41)20-10-12-35(3)13-11-20/h6-9,14-16,20,26,28,34,37H,5,10-13,17H2,1-4H3,(H2,32,33,39)/b31-16-/t26-,28+/m1/s1. The predicted molar refractivity (Wildman–Crippen MR) is 162 cm³/mol. The lowest BCUT2D eigenvalue weighted by atomic mass is 9.88. The Morgan fingerprint density at radius 2 is 1.98 bits per heavy atom. The highest BCUT2D eigenvalue weighted by Crippen LogP contribution is 2.36. The van der Waals surface area contributed by atoms with Crippen LogP contribution in [-0.2, 0) is 9.53 Å². The summed E-state index contributed by atoms with van der Waals surface area (Å²) in [7, 11) is 3.31. The van der Waals surface area contributed by atoms with Crippen molar-refractivity contribution in [1.82, 2.24) is 21.0 Å². The van der Waals surface area contributed by atoms with Gasteiger partial charge in [-0.2, -0.15) is 5.10 Å². The van der Waals surface area contributed by atoms with Crippen LogP contribution >= 0.6 is 0 Å². The van der Waals surface area contributed by atoms with E-state index in [9.17, 15) is 24.8 Å². The normalized spacial score (nSPS) is 18.4. The van der Waals surface area contributed by atoms with Gasteiger partial charge >= 0.3 is 12.0 Å². The number of nitro benzene ring substituents is 1. The molecule has 2 aliphatic heterocycles. The Morgan fingerprint density at radius 3 is 2.66 bits per heavy atom. The first-order chi connectivity index (χ1) is 21.1. The van der Waals surface area contributed by atoms with Gasteiger partial charge in [-0.15, -0.1) is 0 Å². The largest absolute Gasteiger partial charge is 0.490 e. The first-order valence-corrected chi connectivity index (χ1v) is 14.3. The Balaban J connectivity index is 1.40. The number of nitrogens with one attached hydrogen (secondary N) is 3. The third kappa shape index (κ3) is 7.82. The zero-order valence-corrected chi connectivity index (χ0v) is 25.2. The van der Waals surface area contributed by atoms with E-state index in [0.717, 1.165) is 31.5 Å². The quantitative estimate of drug-likeness (QED) is 0.0919. The van der Waals surface area contributed by atoms with Crippen LogP contribution in [0.1, 0.15) is 55.3 Å². The third-order valence-corrected chi connectivity index (χ3v) is 7.52. The number of carbonyl (C=O) groups excluding carboxylic acids is 2. The molecule has 2 amide bonds. The van der Waals surface area contributed by atoms with Gasteiger partial charge in [-0.1, -0.05) is 18.2 Å². The van der Waals surface area contributed by atoms with Crippen LogP contribution in [0, 0.1) is 10.1 Å². The van der Waals surface area contributed by atoms with E-state index in [1.54, 1.807) is 44.2 Å². The number of nitrogens with zero attached hydrogens (tertiary/aromatic N) is 3. The summed E-state index contributed by atoms with van der Waals surface area (Å²) >= 11 is 0. The van der Waals surface area contributed by atoms with Gasteiger partial charge in [0.2, 0.25) is 0 Å². The molecule has 0 bridgehead atoms. The third-order valence-electron chi connectivity index (χ3n) is 7.52. The first-order valence-electron chi connectivity index (χ1n) is 14.3. The van der Waals surface area contributed by atoms with E-state index < -0.39 is 24.3 Å². The van der Waals surface area contributed by atoms with Crippen molar-refractivity contribution in [1.29, 1.82) is 0 Å². The number of aliphatic hydroxyl groups is 1. The number of allylic oxidation sites excluding steroid dienone is 1. The molecule has 0 radical (unpaired) electrons. The van der Waals surface area contributed by atoms with Crippen LogP contribution in [0.2, 0.25) is 0 Å². The van der Waals surface area contributed by atoms with E-state index in [1.165, 1.54) is 19.4 Å². The van der Waals surface area contributed by atoms with Crippen molar-refractivity contribution in [2.24, 2.45) is 5.10 Å². The van der Waals surface area contributed by atoms with Crippen molar-refractivity contribution in [3.05, 3.63) is 74.5 Å². The van der Waals surface area contributed by atoms with E-state index in [1.807, 2.05) is 7.05 Å². The number of piperidine rings is 1. The SMILES string of the molecule is CCOc1cc([C@@H]2NC(=O)NC(C)=C2C(=O)OC)ccc1OC[C@@H](O)N/N=C\c1ccc(C2CCN(C)CC2)c([N+](=O)[O-])c1. The van der Waals surface area contributed by atoms with Crippen LogP contribution in [0.25, 0.3) is 0 Å². The highest BCUT2D eigenvalue weighted by molar-refractivity contribution is 5.95. The van der Waals surface area contributed by atoms with Gasteiger partial charge in [-0.25, -0.2) is 9.59 Å². The van der Waals surface area contributed by atoms with Crippen LogP contribution in [-0.4, -0.2) is 79.8 Å². The summed E-state index contributed by atoms with van der Waals surface area (Å²) in [5.41, 5.74) is 5.06. The van der Waals surface area contributed by atoms with Crippen molar-refractivity contribution >= 4 is 23.9 Å². The topological polar surface area (TPSA) is 177 Å². The number of urea groups is 1. The number of carbonyl (C=O) groups is 2. The average Bonchev–Trinajstić information content (AvgIpc) is 3.00. The summed E-state index contributed by atoms with van der Waals surface area (Å²) in [6.07, 6.45) is 1.92. The first kappa shape index (κ1) is 32.2. The second-order valence-electron chi connectivity index (χ2n) is 10.6. The zero-order chi connectivity index (χ0) is 31.8. The number of benzene rings is 2. The molecule has 2 aromatic carbocycles. The summed E-state index contributed by atoms with van der Waals surface area (Å²) in [6, 6.07) is 8.74. The lowest BCUT2D eigenvalue weighted by Gasteiger charge is -2.28. The molecule has 1 fully saturated rings. The fraction of sp³-hybridized carbons (Fsp3) is 0.433. The number of amides is 2. The molecule has 14 nitrogen and oxygen atoms in total. The van der Waals surface area contributed by atoms with Crippen LogP contribution in [0.15, 0.2) is 52.8 Å². The summed E-state index contributed by atoms with van der Waals surface area (Å²) < 4.78 is 16.4. The smallest absolute Gasteiger partial charge is 0.337 e. The molecule has 0 aromatic heterocycles. The molecule has 44 heavy (non-hydrogen) atoms. The molecular weight excluding hydrogens is 572 g/mol. The fourth-order valence-corrected chi connectivity index (χ4v) is 5.28. The number of likely N-dealkylation sites (tertiary alicyclic amines) is 1. The maximum absolute atomic E-state index is 12.4.